The highest BCUT2D eigenvalue weighted by atomic mass is 14.4. The smallest absolute Gasteiger partial charge is 0.0159 e. The molecule has 0 nitrogen and oxygen atoms in total. The molecular weight excluding hydrogens is 492 g/mol. The zero-order valence-corrected chi connectivity index (χ0v) is 23.2. The van der Waals surface area contributed by atoms with E-state index in [1.165, 1.54) is 87.2 Å². The Morgan fingerprint density at radius 2 is 0.902 bits per heavy atom. The normalized spacial score (nSPS) is 13.8. The highest BCUT2D eigenvalue weighted by molar-refractivity contribution is 6.26. The van der Waals surface area contributed by atoms with Crippen molar-refractivity contribution in [1.29, 1.82) is 0 Å². The lowest BCUT2D eigenvalue weighted by molar-refractivity contribution is 0.662. The molecule has 0 bridgehead atoms. The summed E-state index contributed by atoms with van der Waals surface area (Å²) in [7, 11) is 0. The molecule has 0 aromatic heterocycles. The van der Waals surface area contributed by atoms with Crippen molar-refractivity contribution in [3.05, 3.63) is 145 Å². The van der Waals surface area contributed by atoms with Gasteiger partial charge in [0, 0.05) is 5.41 Å². The molecule has 0 radical (unpaired) electrons. The lowest BCUT2D eigenvalue weighted by Gasteiger charge is -2.23. The summed E-state index contributed by atoms with van der Waals surface area (Å²) in [6.07, 6.45) is 0. The Hall–Kier alpha value is -4.94. The minimum absolute atomic E-state index is 0.124. The van der Waals surface area contributed by atoms with Crippen molar-refractivity contribution in [1.82, 2.24) is 0 Å². The van der Waals surface area contributed by atoms with Crippen LogP contribution in [0.3, 0.4) is 0 Å². The van der Waals surface area contributed by atoms with Gasteiger partial charge in [0.25, 0.3) is 0 Å². The minimum Gasteiger partial charge on any atom is -0.0616 e. The molecule has 0 heteroatoms. The second-order valence-corrected chi connectivity index (χ2v) is 12.1. The topological polar surface area (TPSA) is 0 Å². The predicted octanol–water partition coefficient (Wildman–Crippen LogP) is 11.4. The van der Waals surface area contributed by atoms with Crippen LogP contribution in [0.5, 0.6) is 0 Å². The summed E-state index contributed by atoms with van der Waals surface area (Å²) in [5.41, 5.74) is 8.06. The van der Waals surface area contributed by atoms with Crippen LogP contribution in [0, 0.1) is 0 Å². The summed E-state index contributed by atoms with van der Waals surface area (Å²) in [6, 6.07) is 49.8. The van der Waals surface area contributed by atoms with E-state index in [-0.39, 0.29) is 5.41 Å². The third-order valence-corrected chi connectivity index (χ3v) is 9.60. The Morgan fingerprint density at radius 1 is 0.366 bits per heavy atom. The average Bonchev–Trinajstić information content (AvgIpc) is 3.25. The van der Waals surface area contributed by atoms with Crippen LogP contribution in [-0.4, -0.2) is 0 Å². The van der Waals surface area contributed by atoms with Crippen molar-refractivity contribution in [2.24, 2.45) is 0 Å². The van der Waals surface area contributed by atoms with Crippen LogP contribution in [0.1, 0.15) is 25.0 Å². The summed E-state index contributed by atoms with van der Waals surface area (Å²) in [5, 5.41) is 13.2. The summed E-state index contributed by atoms with van der Waals surface area (Å²) >= 11 is 0. The molecule has 0 heterocycles. The molecule has 0 atom stereocenters. The minimum atomic E-state index is -0.124. The van der Waals surface area contributed by atoms with E-state index in [9.17, 15) is 0 Å². The number of rotatable bonds is 1. The SMILES string of the molecule is CC1(C)c2cc3c4ccccc4c4ccccc4c3cc2-c2c1cc(-c1ccc3ccccc3c1)c1ccccc21. The van der Waals surface area contributed by atoms with Gasteiger partial charge in [-0.2, -0.15) is 0 Å². The van der Waals surface area contributed by atoms with Crippen molar-refractivity contribution in [2.75, 3.05) is 0 Å². The van der Waals surface area contributed by atoms with E-state index in [1.807, 2.05) is 0 Å². The number of hydrogen-bond donors (Lipinski definition) is 0. The predicted molar refractivity (Wildman–Crippen MR) is 177 cm³/mol. The van der Waals surface area contributed by atoms with E-state index < -0.39 is 0 Å². The van der Waals surface area contributed by atoms with Crippen LogP contribution in [-0.2, 0) is 5.41 Å². The molecule has 1 aliphatic rings. The van der Waals surface area contributed by atoms with E-state index in [0.29, 0.717) is 0 Å². The number of benzene rings is 8. The van der Waals surface area contributed by atoms with E-state index in [2.05, 4.69) is 147 Å². The highest BCUT2D eigenvalue weighted by Crippen LogP contribution is 2.55. The maximum Gasteiger partial charge on any atom is 0.0159 e. The molecule has 0 unspecified atom stereocenters. The lowest BCUT2D eigenvalue weighted by Crippen LogP contribution is -2.15. The fourth-order valence-corrected chi connectivity index (χ4v) is 7.57. The zero-order valence-electron chi connectivity index (χ0n) is 23.2. The summed E-state index contributed by atoms with van der Waals surface area (Å²) in [5.74, 6) is 0. The van der Waals surface area contributed by atoms with Gasteiger partial charge in [0.15, 0.2) is 0 Å². The van der Waals surface area contributed by atoms with Gasteiger partial charge in [-0.05, 0) is 112 Å². The van der Waals surface area contributed by atoms with E-state index in [1.54, 1.807) is 0 Å². The largest absolute Gasteiger partial charge is 0.0616 e. The molecule has 0 saturated carbocycles. The molecule has 0 fully saturated rings. The van der Waals surface area contributed by atoms with Crippen molar-refractivity contribution >= 4 is 53.9 Å². The van der Waals surface area contributed by atoms with Gasteiger partial charge >= 0.3 is 0 Å². The van der Waals surface area contributed by atoms with Gasteiger partial charge < -0.3 is 0 Å². The van der Waals surface area contributed by atoms with Crippen LogP contribution in [0.15, 0.2) is 133 Å². The lowest BCUT2D eigenvalue weighted by atomic mass is 9.79. The molecule has 9 rings (SSSR count). The van der Waals surface area contributed by atoms with Crippen LogP contribution < -0.4 is 0 Å². The third-order valence-electron chi connectivity index (χ3n) is 9.60. The van der Waals surface area contributed by atoms with Gasteiger partial charge in [-0.3, -0.25) is 0 Å². The van der Waals surface area contributed by atoms with E-state index in [4.69, 9.17) is 0 Å². The van der Waals surface area contributed by atoms with Crippen LogP contribution >= 0.6 is 0 Å². The van der Waals surface area contributed by atoms with Gasteiger partial charge in [0.1, 0.15) is 0 Å². The van der Waals surface area contributed by atoms with E-state index >= 15 is 0 Å². The molecule has 8 aromatic carbocycles. The maximum atomic E-state index is 2.50. The quantitative estimate of drug-likeness (QED) is 0.189. The first-order valence-electron chi connectivity index (χ1n) is 14.5. The zero-order chi connectivity index (χ0) is 27.3. The standard InChI is InChI=1S/C41H28/c1-41(2)38-24-36-31-16-8-6-14-29(31)28-13-5-7-15-30(28)35(36)22-37(38)40-33-18-10-9-17-32(33)34(23-39(40)41)27-20-19-25-11-3-4-12-26(25)21-27/h3-24H,1-2H3. The van der Waals surface area contributed by atoms with Crippen molar-refractivity contribution in [3.63, 3.8) is 0 Å². The fraction of sp³-hybridized carbons (Fsp3) is 0.0732. The van der Waals surface area contributed by atoms with Gasteiger partial charge in [-0.15, -0.1) is 0 Å². The molecule has 1 aliphatic carbocycles. The fourth-order valence-electron chi connectivity index (χ4n) is 7.57. The van der Waals surface area contributed by atoms with Crippen LogP contribution in [0.25, 0.3) is 76.1 Å². The molecular formula is C41H28. The van der Waals surface area contributed by atoms with Crippen molar-refractivity contribution in [3.8, 4) is 22.3 Å². The highest BCUT2D eigenvalue weighted by Gasteiger charge is 2.38. The monoisotopic (exact) mass is 520 g/mol. The van der Waals surface area contributed by atoms with Crippen molar-refractivity contribution in [2.45, 2.75) is 19.3 Å². The third kappa shape index (κ3) is 3.05. The summed E-state index contributed by atoms with van der Waals surface area (Å²) < 4.78 is 0. The Morgan fingerprint density at radius 3 is 1.59 bits per heavy atom. The van der Waals surface area contributed by atoms with E-state index in [0.717, 1.165) is 0 Å². The molecule has 41 heavy (non-hydrogen) atoms. The van der Waals surface area contributed by atoms with Crippen LogP contribution in [0.2, 0.25) is 0 Å². The Labute approximate surface area is 239 Å². The molecule has 0 saturated heterocycles. The first-order valence-corrected chi connectivity index (χ1v) is 14.5. The molecule has 0 N–H and O–H groups in total. The average molecular weight is 521 g/mol. The first kappa shape index (κ1) is 22.8. The Balaban J connectivity index is 1.40. The first-order chi connectivity index (χ1) is 20.1. The number of fused-ring (bicyclic) bond motifs is 12. The van der Waals surface area contributed by atoms with Gasteiger partial charge in [0.2, 0.25) is 0 Å². The number of hydrogen-bond acceptors (Lipinski definition) is 0. The summed E-state index contributed by atoms with van der Waals surface area (Å²) in [6.45, 7) is 4.82. The Bertz CT molecular complexity index is 2390. The van der Waals surface area contributed by atoms with Gasteiger partial charge in [0.05, 0.1) is 0 Å². The second kappa shape index (κ2) is 8.05. The molecule has 0 aliphatic heterocycles. The van der Waals surface area contributed by atoms with Gasteiger partial charge in [-0.1, -0.05) is 123 Å². The molecule has 0 amide bonds. The van der Waals surface area contributed by atoms with Crippen LogP contribution in [0.4, 0.5) is 0 Å². The molecule has 0 spiro atoms. The van der Waals surface area contributed by atoms with Crippen molar-refractivity contribution < 1.29 is 0 Å². The van der Waals surface area contributed by atoms with Gasteiger partial charge in [-0.25, -0.2) is 0 Å². The summed E-state index contributed by atoms with van der Waals surface area (Å²) in [4.78, 5) is 0. The molecule has 192 valence electrons. The second-order valence-electron chi connectivity index (χ2n) is 12.1. The molecule has 8 aromatic rings. The Kier molecular flexibility index (Phi) is 4.49. The maximum absolute atomic E-state index is 2.50.